The van der Waals surface area contributed by atoms with Crippen molar-refractivity contribution in [2.75, 3.05) is 24.2 Å². The number of amides is 1. The zero-order valence-electron chi connectivity index (χ0n) is 17.7. The first-order chi connectivity index (χ1) is 13.6. The monoisotopic (exact) mass is 418 g/mol. The van der Waals surface area contributed by atoms with Crippen molar-refractivity contribution in [1.82, 2.24) is 5.32 Å². The molecule has 0 aliphatic rings. The summed E-state index contributed by atoms with van der Waals surface area (Å²) in [6.07, 6.45) is 1.84. The summed E-state index contributed by atoms with van der Waals surface area (Å²) in [5.74, 6) is 0.744. The van der Waals surface area contributed by atoms with Gasteiger partial charge in [0.1, 0.15) is 12.3 Å². The van der Waals surface area contributed by atoms with Crippen LogP contribution in [0.15, 0.2) is 48.5 Å². The van der Waals surface area contributed by atoms with E-state index in [0.717, 1.165) is 33.9 Å². The molecule has 0 spiro atoms. The van der Waals surface area contributed by atoms with Gasteiger partial charge in [-0.05, 0) is 49.1 Å². The number of hydrogen-bond acceptors (Lipinski definition) is 4. The van der Waals surface area contributed by atoms with Crippen molar-refractivity contribution in [3.8, 4) is 5.75 Å². The summed E-state index contributed by atoms with van der Waals surface area (Å²) in [4.78, 5) is 12.8. The van der Waals surface area contributed by atoms with Crippen molar-refractivity contribution in [3.05, 3.63) is 59.7 Å². The minimum absolute atomic E-state index is 0.215. The van der Waals surface area contributed by atoms with Crippen molar-refractivity contribution >= 4 is 21.6 Å². The molecule has 0 radical (unpaired) electrons. The van der Waals surface area contributed by atoms with Crippen LogP contribution in [0.2, 0.25) is 0 Å². The van der Waals surface area contributed by atoms with E-state index in [1.54, 1.807) is 19.2 Å². The predicted molar refractivity (Wildman–Crippen MR) is 117 cm³/mol. The van der Waals surface area contributed by atoms with E-state index in [2.05, 4.69) is 19.2 Å². The van der Waals surface area contributed by atoms with E-state index in [1.807, 2.05) is 43.3 Å². The van der Waals surface area contributed by atoms with E-state index in [1.165, 1.54) is 0 Å². The Labute approximate surface area is 173 Å². The second-order valence-electron chi connectivity index (χ2n) is 7.63. The maximum absolute atomic E-state index is 12.8. The van der Waals surface area contributed by atoms with Crippen molar-refractivity contribution in [3.63, 3.8) is 0 Å². The van der Waals surface area contributed by atoms with Crippen LogP contribution < -0.4 is 14.4 Å². The Bertz CT molecular complexity index is 907. The van der Waals surface area contributed by atoms with E-state index in [-0.39, 0.29) is 18.5 Å². The number of sulfonamides is 1. The SMILES string of the molecule is COc1ccc([C@@H](CC(C)C)NC(=O)CN(c2ccc(C)cc2)S(C)(=O)=O)cc1. The van der Waals surface area contributed by atoms with Crippen LogP contribution in [-0.4, -0.2) is 34.2 Å². The van der Waals surface area contributed by atoms with Crippen LogP contribution in [0.4, 0.5) is 5.69 Å². The molecule has 0 saturated heterocycles. The van der Waals surface area contributed by atoms with Gasteiger partial charge in [0.15, 0.2) is 0 Å². The van der Waals surface area contributed by atoms with Gasteiger partial charge in [-0.1, -0.05) is 43.7 Å². The zero-order valence-corrected chi connectivity index (χ0v) is 18.5. The van der Waals surface area contributed by atoms with Gasteiger partial charge in [-0.25, -0.2) is 8.42 Å². The lowest BCUT2D eigenvalue weighted by molar-refractivity contribution is -0.120. The molecule has 2 rings (SSSR count). The number of methoxy groups -OCH3 is 1. The number of aryl methyl sites for hydroxylation is 1. The van der Waals surface area contributed by atoms with E-state index in [4.69, 9.17) is 4.74 Å². The average Bonchev–Trinajstić information content (AvgIpc) is 2.65. The molecular formula is C22H30N2O4S. The number of nitrogens with one attached hydrogen (secondary N) is 1. The highest BCUT2D eigenvalue weighted by atomic mass is 32.2. The van der Waals surface area contributed by atoms with Crippen molar-refractivity contribution in [1.29, 1.82) is 0 Å². The van der Waals surface area contributed by atoms with Crippen LogP contribution in [0.1, 0.15) is 37.4 Å². The lowest BCUT2D eigenvalue weighted by Gasteiger charge is -2.25. The Morgan fingerprint density at radius 3 is 2.14 bits per heavy atom. The maximum atomic E-state index is 12.8. The first kappa shape index (κ1) is 22.7. The largest absolute Gasteiger partial charge is 0.497 e. The van der Waals surface area contributed by atoms with Crippen LogP contribution in [0.25, 0.3) is 0 Å². The molecule has 0 bridgehead atoms. The summed E-state index contributed by atoms with van der Waals surface area (Å²) in [6, 6.07) is 14.4. The number of benzene rings is 2. The summed E-state index contributed by atoms with van der Waals surface area (Å²) in [7, 11) is -2.00. The third kappa shape index (κ3) is 6.78. The minimum atomic E-state index is -3.60. The van der Waals surface area contributed by atoms with E-state index in [9.17, 15) is 13.2 Å². The molecule has 1 N–H and O–H groups in total. The zero-order chi connectivity index (χ0) is 21.6. The molecule has 0 unspecified atom stereocenters. The topological polar surface area (TPSA) is 75.7 Å². The highest BCUT2D eigenvalue weighted by Gasteiger charge is 2.23. The quantitative estimate of drug-likeness (QED) is 0.674. The minimum Gasteiger partial charge on any atom is -0.497 e. The smallest absolute Gasteiger partial charge is 0.241 e. The molecule has 7 heteroatoms. The number of ether oxygens (including phenoxy) is 1. The van der Waals surface area contributed by atoms with Crippen LogP contribution in [0, 0.1) is 12.8 Å². The van der Waals surface area contributed by atoms with Crippen LogP contribution in [-0.2, 0) is 14.8 Å². The standard InChI is InChI=1S/C22H30N2O4S/c1-16(2)14-21(18-8-12-20(28-4)13-9-18)23-22(25)15-24(29(5,26)27)19-10-6-17(3)7-11-19/h6-13,16,21H,14-15H2,1-5H3,(H,23,25)/t21-/m1/s1. The molecule has 2 aromatic carbocycles. The van der Waals surface area contributed by atoms with Crippen LogP contribution in [0.3, 0.4) is 0 Å². The molecule has 0 saturated carbocycles. The molecule has 0 aliphatic carbocycles. The normalized spacial score (nSPS) is 12.5. The van der Waals surface area contributed by atoms with Crippen molar-refractivity contribution in [2.24, 2.45) is 5.92 Å². The third-order valence-electron chi connectivity index (χ3n) is 4.57. The summed E-state index contributed by atoms with van der Waals surface area (Å²) in [5, 5.41) is 3.00. The van der Waals surface area contributed by atoms with Crippen LogP contribution >= 0.6 is 0 Å². The Balaban J connectivity index is 2.20. The predicted octanol–water partition coefficient (Wildman–Crippen LogP) is 3.67. The number of anilines is 1. The molecule has 158 valence electrons. The van der Waals surface area contributed by atoms with Gasteiger partial charge in [0.05, 0.1) is 25.1 Å². The highest BCUT2D eigenvalue weighted by molar-refractivity contribution is 7.92. The molecule has 6 nitrogen and oxygen atoms in total. The summed E-state index contributed by atoms with van der Waals surface area (Å²) < 4.78 is 30.9. The van der Waals surface area contributed by atoms with Gasteiger partial charge in [0.2, 0.25) is 15.9 Å². The average molecular weight is 419 g/mol. The number of carbonyl (C=O) groups is 1. The molecule has 29 heavy (non-hydrogen) atoms. The molecule has 1 amide bonds. The van der Waals surface area contributed by atoms with Gasteiger partial charge in [-0.2, -0.15) is 0 Å². The molecule has 2 aromatic rings. The van der Waals surface area contributed by atoms with E-state index >= 15 is 0 Å². The first-order valence-corrected chi connectivity index (χ1v) is 11.4. The van der Waals surface area contributed by atoms with Gasteiger partial charge in [0, 0.05) is 0 Å². The lowest BCUT2D eigenvalue weighted by Crippen LogP contribution is -2.41. The first-order valence-electron chi connectivity index (χ1n) is 9.58. The Morgan fingerprint density at radius 1 is 1.07 bits per heavy atom. The summed E-state index contributed by atoms with van der Waals surface area (Å²) in [6.45, 7) is 5.81. The summed E-state index contributed by atoms with van der Waals surface area (Å²) >= 11 is 0. The molecule has 0 heterocycles. The number of hydrogen-bond donors (Lipinski definition) is 1. The highest BCUT2D eigenvalue weighted by Crippen LogP contribution is 2.24. The molecule has 1 atom stereocenters. The fourth-order valence-electron chi connectivity index (χ4n) is 3.07. The Morgan fingerprint density at radius 2 is 1.66 bits per heavy atom. The lowest BCUT2D eigenvalue weighted by atomic mass is 9.97. The number of carbonyl (C=O) groups excluding carboxylic acids is 1. The fraction of sp³-hybridized carbons (Fsp3) is 0.409. The molecular weight excluding hydrogens is 388 g/mol. The third-order valence-corrected chi connectivity index (χ3v) is 5.71. The fourth-order valence-corrected chi connectivity index (χ4v) is 3.92. The van der Waals surface area contributed by atoms with E-state index in [0.29, 0.717) is 11.6 Å². The van der Waals surface area contributed by atoms with Crippen LogP contribution in [0.5, 0.6) is 5.75 Å². The van der Waals surface area contributed by atoms with Gasteiger partial charge < -0.3 is 10.1 Å². The van der Waals surface area contributed by atoms with Gasteiger partial charge in [-0.15, -0.1) is 0 Å². The van der Waals surface area contributed by atoms with Gasteiger partial charge >= 0.3 is 0 Å². The van der Waals surface area contributed by atoms with Crippen molar-refractivity contribution < 1.29 is 17.9 Å². The Kier molecular flexibility index (Phi) is 7.67. The number of nitrogens with zero attached hydrogens (tertiary/aromatic N) is 1. The molecule has 0 aliphatic heterocycles. The van der Waals surface area contributed by atoms with Gasteiger partial charge in [0.25, 0.3) is 0 Å². The Hall–Kier alpha value is -2.54. The second-order valence-corrected chi connectivity index (χ2v) is 9.53. The second kappa shape index (κ2) is 9.78. The summed E-state index contributed by atoms with van der Waals surface area (Å²) in [5.41, 5.74) is 2.44. The van der Waals surface area contributed by atoms with Crippen molar-refractivity contribution in [2.45, 2.75) is 33.2 Å². The van der Waals surface area contributed by atoms with E-state index < -0.39 is 10.0 Å². The maximum Gasteiger partial charge on any atom is 0.241 e. The number of rotatable bonds is 9. The molecule has 0 fully saturated rings. The molecule has 0 aromatic heterocycles. The van der Waals surface area contributed by atoms with Gasteiger partial charge in [-0.3, -0.25) is 9.10 Å².